The number of piperidine rings is 1. The average Bonchev–Trinajstić information content (AvgIpc) is 2.86. The first-order valence-corrected chi connectivity index (χ1v) is 12.5. The Labute approximate surface area is 214 Å². The molecule has 37 heavy (non-hydrogen) atoms. The van der Waals surface area contributed by atoms with Crippen LogP contribution >= 0.6 is 0 Å². The third-order valence-electron chi connectivity index (χ3n) is 7.00. The maximum Gasteiger partial charge on any atom is 0.410 e. The van der Waals surface area contributed by atoms with E-state index in [1.165, 1.54) is 44.6 Å². The molecule has 11 heteroatoms. The predicted octanol–water partition coefficient (Wildman–Crippen LogP) is 4.09. The number of benzene rings is 1. The van der Waals surface area contributed by atoms with E-state index in [0.717, 1.165) is 30.5 Å². The lowest BCUT2D eigenvalue weighted by atomic mass is 9.97. The fraction of sp³-hybridized carbons (Fsp3) is 0.423. The lowest BCUT2D eigenvalue weighted by Crippen LogP contribution is -2.50. The van der Waals surface area contributed by atoms with Gasteiger partial charge in [-0.2, -0.15) is 0 Å². The third kappa shape index (κ3) is 5.23. The monoisotopic (exact) mass is 510 g/mol. The molecule has 6 rings (SSSR count). The minimum absolute atomic E-state index is 0.0572. The number of rotatable bonds is 3. The van der Waals surface area contributed by atoms with Crippen LogP contribution in [0, 0.1) is 12.7 Å². The summed E-state index contributed by atoms with van der Waals surface area (Å²) in [6.07, 6.45) is 5.88. The Kier molecular flexibility index (Phi) is 7.24. The number of amides is 1. The molecule has 2 aromatic heterocycles. The normalized spacial score (nSPS) is 17.5. The van der Waals surface area contributed by atoms with Crippen LogP contribution < -0.4 is 21.1 Å². The highest BCUT2D eigenvalue weighted by atomic mass is 19.1. The van der Waals surface area contributed by atoms with Crippen molar-refractivity contribution in [3.8, 4) is 17.0 Å². The Morgan fingerprint density at radius 2 is 1.97 bits per heavy atom. The quantitative estimate of drug-likeness (QED) is 0.384. The standard InChI is InChI=1S/C18H16FN5O3.C8H15NO/c1-8-11(6-23-17-16(8)21-2-3-27-17)10-4-9-5-13(24-18(25)26)22-7-12(9)15(20)14(10)19;1-2-4-9(5-3-1)8-6-10-7-8/h4-7,21H,2-3,20H2,1H3,(H,22,24)(H,25,26);8H,1-7H2. The predicted molar refractivity (Wildman–Crippen MR) is 140 cm³/mol. The number of nitrogens with one attached hydrogen (secondary N) is 2. The van der Waals surface area contributed by atoms with Gasteiger partial charge in [-0.15, -0.1) is 0 Å². The molecule has 3 aliphatic rings. The summed E-state index contributed by atoms with van der Waals surface area (Å²) >= 11 is 0. The Morgan fingerprint density at radius 3 is 2.68 bits per heavy atom. The number of ether oxygens (including phenoxy) is 2. The molecule has 0 unspecified atom stereocenters. The van der Waals surface area contributed by atoms with Crippen molar-refractivity contribution in [2.24, 2.45) is 0 Å². The second kappa shape index (κ2) is 10.7. The van der Waals surface area contributed by atoms with Crippen molar-refractivity contribution in [3.63, 3.8) is 0 Å². The van der Waals surface area contributed by atoms with E-state index in [-0.39, 0.29) is 17.1 Å². The smallest absolute Gasteiger partial charge is 0.410 e. The Balaban J connectivity index is 0.000000233. The molecule has 0 aliphatic carbocycles. The number of likely N-dealkylation sites (tertiary alicyclic amines) is 1. The molecule has 3 aliphatic heterocycles. The minimum Gasteiger partial charge on any atom is -0.474 e. The van der Waals surface area contributed by atoms with Crippen LogP contribution in [0.3, 0.4) is 0 Å². The van der Waals surface area contributed by atoms with E-state index in [1.54, 1.807) is 12.3 Å². The van der Waals surface area contributed by atoms with Gasteiger partial charge in [0.15, 0.2) is 5.82 Å². The average molecular weight is 511 g/mol. The van der Waals surface area contributed by atoms with Crippen LogP contribution in [-0.2, 0) is 4.74 Å². The number of fused-ring (bicyclic) bond motifs is 2. The lowest BCUT2D eigenvalue weighted by Gasteiger charge is -2.39. The highest BCUT2D eigenvalue weighted by Gasteiger charge is 2.26. The highest BCUT2D eigenvalue weighted by molar-refractivity contribution is 5.99. The third-order valence-corrected chi connectivity index (χ3v) is 7.00. The lowest BCUT2D eigenvalue weighted by molar-refractivity contribution is -0.0698. The molecule has 3 aromatic rings. The number of nitrogen functional groups attached to an aromatic ring is 1. The van der Waals surface area contributed by atoms with Crippen molar-refractivity contribution < 1.29 is 23.8 Å². The molecule has 0 atom stereocenters. The summed E-state index contributed by atoms with van der Waals surface area (Å²) in [5.41, 5.74) is 8.28. The van der Waals surface area contributed by atoms with Gasteiger partial charge in [0.05, 0.1) is 24.9 Å². The van der Waals surface area contributed by atoms with Gasteiger partial charge < -0.3 is 25.6 Å². The van der Waals surface area contributed by atoms with Crippen LogP contribution in [-0.4, -0.2) is 71.6 Å². The van der Waals surface area contributed by atoms with E-state index in [2.05, 4.69) is 25.5 Å². The fourth-order valence-corrected chi connectivity index (χ4v) is 4.88. The minimum atomic E-state index is -1.24. The van der Waals surface area contributed by atoms with Crippen molar-refractivity contribution in [3.05, 3.63) is 35.9 Å². The van der Waals surface area contributed by atoms with Crippen molar-refractivity contribution in [1.29, 1.82) is 0 Å². The van der Waals surface area contributed by atoms with E-state index >= 15 is 0 Å². The maximum absolute atomic E-state index is 15.0. The van der Waals surface area contributed by atoms with Gasteiger partial charge in [-0.3, -0.25) is 10.2 Å². The SMILES string of the molecule is C1CCN(C2COC2)CC1.Cc1c(-c2cc3cc(NC(=O)O)ncc3c(N)c2F)cnc2c1NCCO2. The van der Waals surface area contributed by atoms with Crippen LogP contribution in [0.25, 0.3) is 21.9 Å². The number of pyridine rings is 2. The van der Waals surface area contributed by atoms with Gasteiger partial charge in [0.25, 0.3) is 0 Å². The second-order valence-electron chi connectivity index (χ2n) is 9.41. The molecule has 0 radical (unpaired) electrons. The van der Waals surface area contributed by atoms with E-state index < -0.39 is 11.9 Å². The summed E-state index contributed by atoms with van der Waals surface area (Å²) in [6, 6.07) is 3.89. The number of hydrogen-bond acceptors (Lipinski definition) is 8. The highest BCUT2D eigenvalue weighted by Crippen LogP contribution is 2.39. The Bertz CT molecular complexity index is 1310. The number of carboxylic acid groups (broad SMARTS) is 1. The summed E-state index contributed by atoms with van der Waals surface area (Å²) < 4.78 is 25.7. The number of nitrogens with two attached hydrogens (primary N) is 1. The summed E-state index contributed by atoms with van der Waals surface area (Å²) in [6.45, 7) is 7.60. The zero-order chi connectivity index (χ0) is 25.9. The van der Waals surface area contributed by atoms with Crippen LogP contribution in [0.2, 0.25) is 0 Å². The van der Waals surface area contributed by atoms with Crippen LogP contribution in [0.4, 0.5) is 26.4 Å². The molecule has 0 saturated carbocycles. The number of halogens is 1. The number of hydrogen-bond donors (Lipinski definition) is 4. The van der Waals surface area contributed by atoms with Crippen LogP contribution in [0.1, 0.15) is 24.8 Å². The molecule has 5 heterocycles. The zero-order valence-electron chi connectivity index (χ0n) is 20.7. The Hall–Kier alpha value is -3.70. The van der Waals surface area contributed by atoms with Gasteiger partial charge in [-0.05, 0) is 55.9 Å². The number of nitrogens with zero attached hydrogens (tertiary/aromatic N) is 3. The second-order valence-corrected chi connectivity index (χ2v) is 9.41. The summed E-state index contributed by atoms with van der Waals surface area (Å²) in [7, 11) is 0. The van der Waals surface area contributed by atoms with Gasteiger partial charge >= 0.3 is 6.09 Å². The molecule has 10 nitrogen and oxygen atoms in total. The van der Waals surface area contributed by atoms with E-state index in [1.807, 2.05) is 6.92 Å². The number of anilines is 3. The van der Waals surface area contributed by atoms with E-state index in [9.17, 15) is 9.18 Å². The molecule has 1 aromatic carbocycles. The van der Waals surface area contributed by atoms with Gasteiger partial charge in [0.2, 0.25) is 5.88 Å². The summed E-state index contributed by atoms with van der Waals surface area (Å²) in [4.78, 5) is 21.6. The largest absolute Gasteiger partial charge is 0.474 e. The summed E-state index contributed by atoms with van der Waals surface area (Å²) in [5, 5.41) is 15.2. The fourth-order valence-electron chi connectivity index (χ4n) is 4.88. The maximum atomic E-state index is 15.0. The van der Waals surface area contributed by atoms with E-state index in [0.29, 0.717) is 35.4 Å². The molecular formula is C26H31FN6O4. The first-order chi connectivity index (χ1) is 17.9. The molecule has 0 bridgehead atoms. The molecule has 2 saturated heterocycles. The molecule has 196 valence electrons. The van der Waals surface area contributed by atoms with Crippen molar-refractivity contribution in [2.75, 3.05) is 55.8 Å². The summed E-state index contributed by atoms with van der Waals surface area (Å²) in [5.74, 6) is 0.0287. The first-order valence-electron chi connectivity index (χ1n) is 12.5. The number of aromatic nitrogens is 2. The zero-order valence-corrected chi connectivity index (χ0v) is 20.7. The molecular weight excluding hydrogens is 479 g/mol. The molecule has 5 N–H and O–H groups in total. The van der Waals surface area contributed by atoms with Crippen molar-refractivity contribution in [2.45, 2.75) is 32.2 Å². The number of carbonyl (C=O) groups is 1. The van der Waals surface area contributed by atoms with Crippen LogP contribution in [0.15, 0.2) is 24.5 Å². The van der Waals surface area contributed by atoms with Crippen molar-refractivity contribution in [1.82, 2.24) is 14.9 Å². The van der Waals surface area contributed by atoms with Gasteiger partial charge in [0.1, 0.15) is 18.1 Å². The van der Waals surface area contributed by atoms with Gasteiger partial charge in [-0.1, -0.05) is 6.42 Å². The molecule has 0 spiro atoms. The Morgan fingerprint density at radius 1 is 1.19 bits per heavy atom. The van der Waals surface area contributed by atoms with Gasteiger partial charge in [0, 0.05) is 35.5 Å². The van der Waals surface area contributed by atoms with Crippen molar-refractivity contribution >= 4 is 34.1 Å². The van der Waals surface area contributed by atoms with Gasteiger partial charge in [-0.25, -0.2) is 19.2 Å². The molecule has 1 amide bonds. The first kappa shape index (κ1) is 25.0. The van der Waals surface area contributed by atoms with E-state index in [4.69, 9.17) is 20.3 Å². The van der Waals surface area contributed by atoms with Crippen LogP contribution in [0.5, 0.6) is 5.88 Å². The molecule has 2 fully saturated rings. The topological polar surface area (TPSA) is 135 Å².